The summed E-state index contributed by atoms with van der Waals surface area (Å²) in [5.74, 6) is -1.09. The van der Waals surface area contributed by atoms with E-state index in [1.54, 1.807) is 19.1 Å². The first-order valence-corrected chi connectivity index (χ1v) is 5.03. The lowest BCUT2D eigenvalue weighted by atomic mass is 10.3. The molecule has 0 spiro atoms. The molecule has 2 aromatic rings. The summed E-state index contributed by atoms with van der Waals surface area (Å²) in [4.78, 5) is 11.1. The minimum Gasteiger partial charge on any atom is -0.476 e. The van der Waals surface area contributed by atoms with Gasteiger partial charge in [-0.2, -0.15) is 5.10 Å². The number of hydrogen-bond acceptors (Lipinski definition) is 2. The third-order valence-corrected chi connectivity index (χ3v) is 2.64. The molecule has 0 bridgehead atoms. The molecule has 0 radical (unpaired) electrons. The fourth-order valence-corrected chi connectivity index (χ4v) is 1.65. The van der Waals surface area contributed by atoms with Crippen LogP contribution in [-0.2, 0) is 0 Å². The van der Waals surface area contributed by atoms with E-state index in [0.29, 0.717) is 11.4 Å². The monoisotopic (exact) mass is 236 g/mol. The van der Waals surface area contributed by atoms with Crippen LogP contribution in [0.25, 0.3) is 5.69 Å². The smallest absolute Gasteiger partial charge is 0.356 e. The fourth-order valence-electron chi connectivity index (χ4n) is 1.45. The number of aryl methyl sites for hydroxylation is 1. The van der Waals surface area contributed by atoms with Crippen LogP contribution in [0.1, 0.15) is 16.2 Å². The van der Waals surface area contributed by atoms with Gasteiger partial charge in [-0.05, 0) is 19.1 Å². The summed E-state index contributed by atoms with van der Waals surface area (Å²) in [5, 5.41) is 13.4. The van der Waals surface area contributed by atoms with Crippen LogP contribution in [0.5, 0.6) is 0 Å². The Morgan fingerprint density at radius 2 is 2.00 bits per heavy atom. The van der Waals surface area contributed by atoms with E-state index < -0.39 is 5.97 Å². The summed E-state index contributed by atoms with van der Waals surface area (Å²) < 4.78 is 1.33. The highest BCUT2D eigenvalue weighted by atomic mass is 35.5. The number of benzene rings is 1. The van der Waals surface area contributed by atoms with Crippen molar-refractivity contribution < 1.29 is 9.90 Å². The standard InChI is InChI=1S/C11H9ClN2O2/c1-7-9(12)10(11(15)16)14(13-7)8-5-3-2-4-6-8/h2-6H,1H3,(H,15,16). The number of halogens is 1. The molecule has 0 saturated carbocycles. The Morgan fingerprint density at radius 3 is 2.56 bits per heavy atom. The molecule has 1 heterocycles. The number of carboxylic acid groups (broad SMARTS) is 1. The number of nitrogens with zero attached hydrogens (tertiary/aromatic N) is 2. The van der Waals surface area contributed by atoms with Gasteiger partial charge < -0.3 is 5.11 Å². The highest BCUT2D eigenvalue weighted by Gasteiger charge is 2.20. The molecular weight excluding hydrogens is 228 g/mol. The predicted octanol–water partition coefficient (Wildman–Crippen LogP) is 2.53. The molecule has 0 amide bonds. The quantitative estimate of drug-likeness (QED) is 0.872. The van der Waals surface area contributed by atoms with Crippen molar-refractivity contribution in [2.45, 2.75) is 6.92 Å². The van der Waals surface area contributed by atoms with Crippen molar-refractivity contribution in [3.05, 3.63) is 46.7 Å². The molecule has 0 fully saturated rings. The van der Waals surface area contributed by atoms with E-state index in [4.69, 9.17) is 16.7 Å². The number of aromatic carboxylic acids is 1. The van der Waals surface area contributed by atoms with Crippen molar-refractivity contribution in [1.82, 2.24) is 9.78 Å². The van der Waals surface area contributed by atoms with Gasteiger partial charge in [0.2, 0.25) is 0 Å². The highest BCUT2D eigenvalue weighted by molar-refractivity contribution is 6.34. The number of aromatic nitrogens is 2. The molecule has 1 aromatic heterocycles. The van der Waals surface area contributed by atoms with E-state index in [2.05, 4.69) is 5.10 Å². The zero-order valence-electron chi connectivity index (χ0n) is 8.51. The molecule has 2 rings (SSSR count). The lowest BCUT2D eigenvalue weighted by Crippen LogP contribution is -2.08. The molecule has 0 atom stereocenters. The van der Waals surface area contributed by atoms with Crippen molar-refractivity contribution in [3.63, 3.8) is 0 Å². The average molecular weight is 237 g/mol. The van der Waals surface area contributed by atoms with Crippen LogP contribution in [0.4, 0.5) is 0 Å². The molecular formula is C11H9ClN2O2. The Morgan fingerprint density at radius 1 is 1.38 bits per heavy atom. The maximum atomic E-state index is 11.1. The number of carboxylic acids is 1. The third kappa shape index (κ3) is 1.67. The van der Waals surface area contributed by atoms with Gasteiger partial charge in [-0.3, -0.25) is 0 Å². The van der Waals surface area contributed by atoms with Gasteiger partial charge >= 0.3 is 5.97 Å². The van der Waals surface area contributed by atoms with Gasteiger partial charge in [0.25, 0.3) is 0 Å². The number of rotatable bonds is 2. The van der Waals surface area contributed by atoms with Crippen molar-refractivity contribution >= 4 is 17.6 Å². The molecule has 16 heavy (non-hydrogen) atoms. The van der Waals surface area contributed by atoms with Crippen LogP contribution in [0, 0.1) is 6.92 Å². The van der Waals surface area contributed by atoms with E-state index in [9.17, 15) is 4.79 Å². The van der Waals surface area contributed by atoms with Crippen LogP contribution in [0.2, 0.25) is 5.02 Å². The topological polar surface area (TPSA) is 55.1 Å². The summed E-state index contributed by atoms with van der Waals surface area (Å²) in [6, 6.07) is 9.02. The minimum atomic E-state index is -1.09. The SMILES string of the molecule is Cc1nn(-c2ccccc2)c(C(=O)O)c1Cl. The second-order valence-corrected chi connectivity index (χ2v) is 3.68. The highest BCUT2D eigenvalue weighted by Crippen LogP contribution is 2.23. The molecule has 0 aliphatic carbocycles. The second kappa shape index (κ2) is 3.98. The first-order chi connectivity index (χ1) is 7.61. The van der Waals surface area contributed by atoms with Crippen LogP contribution in [0.15, 0.2) is 30.3 Å². The van der Waals surface area contributed by atoms with Gasteiger partial charge in [-0.25, -0.2) is 9.48 Å². The Balaban J connectivity index is 2.66. The van der Waals surface area contributed by atoms with Gasteiger partial charge in [0.1, 0.15) is 0 Å². The normalized spacial score (nSPS) is 10.4. The van der Waals surface area contributed by atoms with Crippen LogP contribution in [0.3, 0.4) is 0 Å². The van der Waals surface area contributed by atoms with Crippen molar-refractivity contribution in [2.24, 2.45) is 0 Å². The molecule has 5 heteroatoms. The third-order valence-electron chi connectivity index (χ3n) is 2.19. The summed E-state index contributed by atoms with van der Waals surface area (Å²) in [7, 11) is 0. The molecule has 0 saturated heterocycles. The summed E-state index contributed by atoms with van der Waals surface area (Å²) in [6.45, 7) is 1.67. The largest absolute Gasteiger partial charge is 0.476 e. The van der Waals surface area contributed by atoms with Gasteiger partial charge in [-0.15, -0.1) is 0 Å². The van der Waals surface area contributed by atoms with Gasteiger partial charge in [0.05, 0.1) is 16.4 Å². The lowest BCUT2D eigenvalue weighted by molar-refractivity contribution is 0.0687. The van der Waals surface area contributed by atoms with Crippen molar-refractivity contribution in [3.8, 4) is 5.69 Å². The Bertz CT molecular complexity index is 534. The van der Waals surface area contributed by atoms with E-state index in [1.165, 1.54) is 4.68 Å². The zero-order valence-corrected chi connectivity index (χ0v) is 9.27. The Hall–Kier alpha value is -1.81. The summed E-state index contributed by atoms with van der Waals surface area (Å²) in [6.07, 6.45) is 0. The van der Waals surface area contributed by atoms with Crippen molar-refractivity contribution in [2.75, 3.05) is 0 Å². The number of hydrogen-bond donors (Lipinski definition) is 1. The van der Waals surface area contributed by atoms with E-state index in [1.807, 2.05) is 18.2 Å². The van der Waals surface area contributed by atoms with Gasteiger partial charge in [0.15, 0.2) is 5.69 Å². The summed E-state index contributed by atoms with van der Waals surface area (Å²) in [5.41, 5.74) is 1.17. The first kappa shape index (κ1) is 10.7. The maximum Gasteiger partial charge on any atom is 0.356 e. The second-order valence-electron chi connectivity index (χ2n) is 3.30. The van der Waals surface area contributed by atoms with Crippen LogP contribution in [-0.4, -0.2) is 20.9 Å². The number of carbonyl (C=O) groups is 1. The predicted molar refractivity (Wildman–Crippen MR) is 60.3 cm³/mol. The molecule has 1 N–H and O–H groups in total. The van der Waals surface area contributed by atoms with Gasteiger partial charge in [-0.1, -0.05) is 29.8 Å². The Labute approximate surface area is 97.1 Å². The van der Waals surface area contributed by atoms with Gasteiger partial charge in [0, 0.05) is 0 Å². The van der Waals surface area contributed by atoms with E-state index >= 15 is 0 Å². The molecule has 0 aliphatic rings. The molecule has 0 unspecified atom stereocenters. The minimum absolute atomic E-state index is 0.00892. The zero-order chi connectivity index (χ0) is 11.7. The Kier molecular flexibility index (Phi) is 2.66. The molecule has 82 valence electrons. The molecule has 1 aromatic carbocycles. The molecule has 4 nitrogen and oxygen atoms in total. The maximum absolute atomic E-state index is 11.1. The summed E-state index contributed by atoms with van der Waals surface area (Å²) >= 11 is 5.89. The molecule has 0 aliphatic heterocycles. The number of para-hydroxylation sites is 1. The van der Waals surface area contributed by atoms with E-state index in [-0.39, 0.29) is 10.7 Å². The van der Waals surface area contributed by atoms with Crippen LogP contribution >= 0.6 is 11.6 Å². The lowest BCUT2D eigenvalue weighted by Gasteiger charge is -2.03. The first-order valence-electron chi connectivity index (χ1n) is 4.65. The van der Waals surface area contributed by atoms with E-state index in [0.717, 1.165) is 0 Å². The van der Waals surface area contributed by atoms with Crippen LogP contribution < -0.4 is 0 Å². The average Bonchev–Trinajstić information content (AvgIpc) is 2.57. The fraction of sp³-hybridized carbons (Fsp3) is 0.0909. The van der Waals surface area contributed by atoms with Crippen molar-refractivity contribution in [1.29, 1.82) is 0 Å².